The van der Waals surface area contributed by atoms with E-state index < -0.39 is 5.54 Å². The lowest BCUT2D eigenvalue weighted by Crippen LogP contribution is -2.69. The summed E-state index contributed by atoms with van der Waals surface area (Å²) in [6.07, 6.45) is 4.62. The van der Waals surface area contributed by atoms with Gasteiger partial charge in [0.1, 0.15) is 18.2 Å². The molecule has 3 aromatic rings. The van der Waals surface area contributed by atoms with Gasteiger partial charge in [-0.2, -0.15) is 4.98 Å². The number of aromatic nitrogens is 2. The molecule has 4 fully saturated rings. The molecule has 3 heterocycles. The fraction of sp³-hybridized carbons (Fsp3) is 0.567. The van der Waals surface area contributed by atoms with Crippen LogP contribution in [0.4, 0.5) is 17.5 Å². The van der Waals surface area contributed by atoms with E-state index in [1.807, 2.05) is 35.7 Å². The number of nitrogens with one attached hydrogen (secondary N) is 3. The summed E-state index contributed by atoms with van der Waals surface area (Å²) in [4.78, 5) is 25.2. The van der Waals surface area contributed by atoms with E-state index in [1.165, 1.54) is 25.9 Å². The lowest BCUT2D eigenvalue weighted by molar-refractivity contribution is -0.155. The number of ether oxygens (including phenoxy) is 1. The first-order chi connectivity index (χ1) is 18.8. The second kappa shape index (κ2) is 10.2. The first kappa shape index (κ1) is 26.3. The highest BCUT2D eigenvalue weighted by molar-refractivity contribution is 7.17. The van der Waals surface area contributed by atoms with E-state index in [0.29, 0.717) is 24.4 Å². The molecule has 1 amide bonds. The Morgan fingerprint density at radius 2 is 1.87 bits per heavy atom. The van der Waals surface area contributed by atoms with Gasteiger partial charge in [-0.3, -0.25) is 9.69 Å². The molecule has 1 saturated heterocycles. The van der Waals surface area contributed by atoms with Crippen LogP contribution in [0.25, 0.3) is 10.2 Å². The number of likely N-dealkylation sites (tertiary alicyclic amines) is 1. The van der Waals surface area contributed by atoms with Crippen LogP contribution in [0, 0.1) is 23.2 Å². The average molecular weight is 549 g/mol. The third-order valence-electron chi connectivity index (χ3n) is 9.68. The summed E-state index contributed by atoms with van der Waals surface area (Å²) >= 11 is 1.63. The monoisotopic (exact) mass is 548 g/mol. The number of benzene rings is 1. The van der Waals surface area contributed by atoms with Crippen LogP contribution in [0.5, 0.6) is 5.75 Å². The number of amides is 1. The molecule has 3 N–H and O–H groups in total. The Kier molecular flexibility index (Phi) is 6.91. The second-order valence-corrected chi connectivity index (χ2v) is 13.1. The highest BCUT2D eigenvalue weighted by Crippen LogP contribution is 2.65. The molecule has 0 unspecified atom stereocenters. The Morgan fingerprint density at radius 3 is 2.59 bits per heavy atom. The minimum atomic E-state index is -0.408. The first-order valence-corrected chi connectivity index (χ1v) is 15.1. The van der Waals surface area contributed by atoms with Crippen LogP contribution in [0.15, 0.2) is 35.7 Å². The van der Waals surface area contributed by atoms with Gasteiger partial charge in [-0.05, 0) is 98.7 Å². The molecule has 2 bridgehead atoms. The van der Waals surface area contributed by atoms with Crippen molar-refractivity contribution in [3.63, 3.8) is 0 Å². The van der Waals surface area contributed by atoms with Gasteiger partial charge in [0.25, 0.3) is 0 Å². The molecule has 39 heavy (non-hydrogen) atoms. The van der Waals surface area contributed by atoms with E-state index in [-0.39, 0.29) is 17.2 Å². The van der Waals surface area contributed by atoms with Crippen molar-refractivity contribution in [2.75, 3.05) is 43.9 Å². The summed E-state index contributed by atoms with van der Waals surface area (Å²) in [6.45, 7) is 10.9. The fourth-order valence-corrected chi connectivity index (χ4v) is 8.03. The van der Waals surface area contributed by atoms with Crippen molar-refractivity contribution >= 4 is 44.9 Å². The third kappa shape index (κ3) is 4.84. The van der Waals surface area contributed by atoms with Crippen LogP contribution in [-0.2, 0) is 4.79 Å². The number of rotatable bonds is 9. The lowest BCUT2D eigenvalue weighted by atomic mass is 9.40. The minimum absolute atomic E-state index is 0.104. The van der Waals surface area contributed by atoms with Crippen LogP contribution in [0.3, 0.4) is 0 Å². The first-order valence-electron chi connectivity index (χ1n) is 14.2. The quantitative estimate of drug-likeness (QED) is 0.325. The van der Waals surface area contributed by atoms with Gasteiger partial charge >= 0.3 is 0 Å². The van der Waals surface area contributed by atoms with Gasteiger partial charge in [0, 0.05) is 19.3 Å². The van der Waals surface area contributed by atoms with Crippen molar-refractivity contribution in [1.82, 2.24) is 20.2 Å². The van der Waals surface area contributed by atoms with Gasteiger partial charge in [-0.1, -0.05) is 13.8 Å². The van der Waals surface area contributed by atoms with Gasteiger partial charge in [-0.15, -0.1) is 11.3 Å². The molecule has 0 radical (unpaired) electrons. The summed E-state index contributed by atoms with van der Waals surface area (Å²) in [5.74, 6) is 3.14. The summed E-state index contributed by atoms with van der Waals surface area (Å²) in [7, 11) is 1.74. The van der Waals surface area contributed by atoms with E-state index in [9.17, 15) is 4.79 Å². The summed E-state index contributed by atoms with van der Waals surface area (Å²) in [6, 6.07) is 10.0. The van der Waals surface area contributed by atoms with E-state index in [2.05, 4.69) is 41.6 Å². The zero-order valence-electron chi connectivity index (χ0n) is 23.4. The molecule has 2 aromatic heterocycles. The normalized spacial score (nSPS) is 27.6. The molecule has 1 aliphatic heterocycles. The van der Waals surface area contributed by atoms with Crippen LogP contribution < -0.4 is 20.7 Å². The number of fused-ring (bicyclic) bond motifs is 3. The maximum absolute atomic E-state index is 13.0. The Bertz CT molecular complexity index is 1330. The molecule has 8 nitrogen and oxygen atoms in total. The standard InChI is InChI=1S/C30H40N6O2S/c1-29(2)19-17-22(27(37)31-4)30(3,24(29)18-19)35-26-25-23(11-16-39-25)33-28(34-26)32-20-7-9-21(10-8-20)38-15-14-36-12-5-6-13-36/h7-11,16,19,22,24H,5-6,12-15,17-18H2,1-4H3,(H,31,37)(H2,32,33,34,35)/t19-,22+,24+,30-/m0/s1. The predicted molar refractivity (Wildman–Crippen MR) is 158 cm³/mol. The SMILES string of the molecule is CNC(=O)[C@H]1C[C@H]2C[C@H](C2(C)C)[C@@]1(C)Nc1nc(Nc2ccc(OCCN3CCCC3)cc2)nc2ccsc12. The smallest absolute Gasteiger partial charge is 0.229 e. The Labute approximate surface area is 234 Å². The van der Waals surface area contributed by atoms with Crippen molar-refractivity contribution in [3.8, 4) is 5.75 Å². The van der Waals surface area contributed by atoms with Gasteiger partial charge < -0.3 is 20.7 Å². The molecule has 4 atom stereocenters. The molecule has 208 valence electrons. The van der Waals surface area contributed by atoms with Crippen LogP contribution in [0.1, 0.15) is 46.5 Å². The molecule has 9 heteroatoms. The van der Waals surface area contributed by atoms with Crippen molar-refractivity contribution in [1.29, 1.82) is 0 Å². The average Bonchev–Trinajstić information content (AvgIpc) is 3.61. The number of nitrogens with zero attached hydrogens (tertiary/aromatic N) is 3. The molecule has 3 aliphatic carbocycles. The highest BCUT2D eigenvalue weighted by Gasteiger charge is 2.64. The molecule has 3 saturated carbocycles. The van der Waals surface area contributed by atoms with Crippen molar-refractivity contribution in [2.24, 2.45) is 23.2 Å². The van der Waals surface area contributed by atoms with E-state index in [0.717, 1.165) is 46.9 Å². The number of hydrogen-bond donors (Lipinski definition) is 3. The van der Waals surface area contributed by atoms with Crippen LogP contribution in [0.2, 0.25) is 0 Å². The molecule has 1 aromatic carbocycles. The largest absolute Gasteiger partial charge is 0.492 e. The number of anilines is 3. The number of carbonyl (C=O) groups is 1. The third-order valence-corrected chi connectivity index (χ3v) is 10.6. The topological polar surface area (TPSA) is 91.4 Å². The maximum Gasteiger partial charge on any atom is 0.229 e. The fourth-order valence-electron chi connectivity index (χ4n) is 7.26. The van der Waals surface area contributed by atoms with E-state index in [1.54, 1.807) is 18.4 Å². The summed E-state index contributed by atoms with van der Waals surface area (Å²) in [5.41, 5.74) is 1.57. The Hall–Kier alpha value is -2.91. The Balaban J connectivity index is 1.21. The van der Waals surface area contributed by atoms with Crippen molar-refractivity contribution in [3.05, 3.63) is 35.7 Å². The van der Waals surface area contributed by atoms with Gasteiger partial charge in [0.05, 0.1) is 21.7 Å². The second-order valence-electron chi connectivity index (χ2n) is 12.2. The molecule has 4 aliphatic rings. The van der Waals surface area contributed by atoms with Crippen LogP contribution >= 0.6 is 11.3 Å². The van der Waals surface area contributed by atoms with Crippen molar-refractivity contribution in [2.45, 2.75) is 52.0 Å². The zero-order valence-corrected chi connectivity index (χ0v) is 24.2. The molecular formula is C30H40N6O2S. The summed E-state index contributed by atoms with van der Waals surface area (Å²) < 4.78 is 6.97. The van der Waals surface area contributed by atoms with E-state index >= 15 is 0 Å². The number of hydrogen-bond acceptors (Lipinski definition) is 8. The number of thiophene rings is 1. The molecule has 7 rings (SSSR count). The van der Waals surface area contributed by atoms with E-state index in [4.69, 9.17) is 14.7 Å². The molecule has 0 spiro atoms. The predicted octanol–water partition coefficient (Wildman–Crippen LogP) is 5.51. The van der Waals surface area contributed by atoms with Crippen molar-refractivity contribution < 1.29 is 9.53 Å². The Morgan fingerprint density at radius 1 is 1.10 bits per heavy atom. The molecular weight excluding hydrogens is 508 g/mol. The lowest BCUT2D eigenvalue weighted by Gasteiger charge is -2.66. The number of carbonyl (C=O) groups excluding carboxylic acids is 1. The minimum Gasteiger partial charge on any atom is -0.492 e. The van der Waals surface area contributed by atoms with Gasteiger partial charge in [0.2, 0.25) is 11.9 Å². The van der Waals surface area contributed by atoms with Gasteiger partial charge in [0.15, 0.2) is 0 Å². The zero-order chi connectivity index (χ0) is 27.2. The van der Waals surface area contributed by atoms with Gasteiger partial charge in [-0.25, -0.2) is 4.98 Å². The highest BCUT2D eigenvalue weighted by atomic mass is 32.1. The summed E-state index contributed by atoms with van der Waals surface area (Å²) in [5, 5.41) is 12.2. The van der Waals surface area contributed by atoms with Crippen LogP contribution in [-0.4, -0.2) is 59.6 Å². The maximum atomic E-state index is 13.0.